The van der Waals surface area contributed by atoms with Crippen molar-refractivity contribution in [3.8, 4) is 5.75 Å². The fourth-order valence-electron chi connectivity index (χ4n) is 1.95. The molecule has 0 spiro atoms. The van der Waals surface area contributed by atoms with Gasteiger partial charge in [0.2, 0.25) is 0 Å². The van der Waals surface area contributed by atoms with Gasteiger partial charge in [0.15, 0.2) is 6.61 Å². The van der Waals surface area contributed by atoms with Crippen LogP contribution in [0.25, 0.3) is 0 Å². The molecule has 1 aliphatic rings. The molecular formula is C13H18BF3N2O3. The van der Waals surface area contributed by atoms with E-state index in [4.69, 9.17) is 19.8 Å². The van der Waals surface area contributed by atoms with Gasteiger partial charge in [-0.15, -0.1) is 0 Å². The molecule has 0 aliphatic carbocycles. The minimum absolute atomic E-state index is 0.0122. The van der Waals surface area contributed by atoms with Crippen LogP contribution >= 0.6 is 0 Å². The van der Waals surface area contributed by atoms with Crippen molar-refractivity contribution in [3.63, 3.8) is 0 Å². The van der Waals surface area contributed by atoms with E-state index in [2.05, 4.69) is 4.98 Å². The van der Waals surface area contributed by atoms with Crippen LogP contribution in [0.5, 0.6) is 5.75 Å². The number of anilines is 1. The van der Waals surface area contributed by atoms with Crippen molar-refractivity contribution in [3.05, 3.63) is 12.3 Å². The van der Waals surface area contributed by atoms with Gasteiger partial charge >= 0.3 is 13.3 Å². The monoisotopic (exact) mass is 318 g/mol. The van der Waals surface area contributed by atoms with Gasteiger partial charge in [0, 0.05) is 6.20 Å². The van der Waals surface area contributed by atoms with Gasteiger partial charge in [-0.2, -0.15) is 13.2 Å². The predicted octanol–water partition coefficient (Wildman–Crippen LogP) is 1.90. The summed E-state index contributed by atoms with van der Waals surface area (Å²) in [5, 5.41) is 0. The van der Waals surface area contributed by atoms with Gasteiger partial charge in [0.05, 0.1) is 16.7 Å². The van der Waals surface area contributed by atoms with Crippen molar-refractivity contribution < 1.29 is 27.2 Å². The maximum atomic E-state index is 12.4. The summed E-state index contributed by atoms with van der Waals surface area (Å²) in [6.07, 6.45) is -3.18. The molecule has 122 valence electrons. The van der Waals surface area contributed by atoms with Gasteiger partial charge in [-0.05, 0) is 33.8 Å². The quantitative estimate of drug-likeness (QED) is 0.862. The van der Waals surface area contributed by atoms with Gasteiger partial charge in [-0.3, -0.25) is 0 Å². The first-order valence-corrected chi connectivity index (χ1v) is 6.72. The average Bonchev–Trinajstić information content (AvgIpc) is 2.54. The largest absolute Gasteiger partial charge is 0.502 e. The third-order valence-corrected chi connectivity index (χ3v) is 3.86. The van der Waals surface area contributed by atoms with Crippen LogP contribution < -0.4 is 15.9 Å². The molecule has 0 bridgehead atoms. The number of alkyl halides is 3. The number of aromatic nitrogens is 1. The molecule has 1 aromatic rings. The van der Waals surface area contributed by atoms with Crippen LogP contribution in [0.15, 0.2) is 12.3 Å². The Kier molecular flexibility index (Phi) is 4.08. The van der Waals surface area contributed by atoms with Gasteiger partial charge in [0.1, 0.15) is 11.6 Å². The maximum Gasteiger partial charge on any atom is 0.502 e. The summed E-state index contributed by atoms with van der Waals surface area (Å²) in [6, 6.07) is 1.31. The summed E-state index contributed by atoms with van der Waals surface area (Å²) in [4.78, 5) is 3.88. The Balaban J connectivity index is 2.32. The topological polar surface area (TPSA) is 66.6 Å². The Morgan fingerprint density at radius 1 is 1.23 bits per heavy atom. The number of nitrogens with zero attached hydrogens (tertiary/aromatic N) is 1. The van der Waals surface area contributed by atoms with Crippen LogP contribution in [0.2, 0.25) is 0 Å². The lowest BCUT2D eigenvalue weighted by Crippen LogP contribution is -2.41. The first-order valence-electron chi connectivity index (χ1n) is 6.72. The second kappa shape index (κ2) is 5.31. The fourth-order valence-corrected chi connectivity index (χ4v) is 1.95. The summed E-state index contributed by atoms with van der Waals surface area (Å²) in [5.41, 5.74) is 4.65. The highest BCUT2D eigenvalue weighted by atomic mass is 19.4. The molecule has 0 aromatic carbocycles. The van der Waals surface area contributed by atoms with E-state index < -0.39 is 31.1 Å². The molecule has 1 aromatic heterocycles. The number of ether oxygens (including phenoxy) is 1. The summed E-state index contributed by atoms with van der Waals surface area (Å²) in [6.45, 7) is 5.89. The normalized spacial score (nSPS) is 20.2. The molecule has 0 unspecified atom stereocenters. The molecule has 1 fully saturated rings. The van der Waals surface area contributed by atoms with E-state index in [0.717, 1.165) is 0 Å². The van der Waals surface area contributed by atoms with Gasteiger partial charge in [0.25, 0.3) is 0 Å². The smallest absolute Gasteiger partial charge is 0.484 e. The number of hydrogen-bond donors (Lipinski definition) is 1. The number of hydrogen-bond acceptors (Lipinski definition) is 5. The Morgan fingerprint density at radius 2 is 1.77 bits per heavy atom. The van der Waals surface area contributed by atoms with Crippen molar-refractivity contribution in [1.82, 2.24) is 4.98 Å². The molecule has 0 atom stereocenters. The molecule has 9 heteroatoms. The number of rotatable bonds is 3. The second-order valence-electron chi connectivity index (χ2n) is 6.10. The number of nitrogens with two attached hydrogens (primary N) is 1. The van der Waals surface area contributed by atoms with E-state index in [9.17, 15) is 13.2 Å². The third kappa shape index (κ3) is 3.30. The number of pyridine rings is 1. The molecule has 0 radical (unpaired) electrons. The van der Waals surface area contributed by atoms with Crippen LogP contribution in [0, 0.1) is 0 Å². The van der Waals surface area contributed by atoms with Crippen molar-refractivity contribution in [2.24, 2.45) is 0 Å². The Morgan fingerprint density at radius 3 is 2.27 bits per heavy atom. The summed E-state index contributed by atoms with van der Waals surface area (Å²) in [7, 11) is -0.943. The van der Waals surface area contributed by atoms with Gasteiger partial charge < -0.3 is 19.8 Å². The Labute approximate surface area is 127 Å². The summed E-state index contributed by atoms with van der Waals surface area (Å²) in [5.74, 6) is -0.0403. The first kappa shape index (κ1) is 16.9. The fraction of sp³-hybridized carbons (Fsp3) is 0.615. The van der Waals surface area contributed by atoms with E-state index in [1.807, 2.05) is 27.7 Å². The van der Waals surface area contributed by atoms with Crippen LogP contribution in [-0.2, 0) is 9.31 Å². The number of halogens is 3. The molecule has 22 heavy (non-hydrogen) atoms. The standard InChI is InChI=1S/C13H18BF3N2O3/c1-11(2)12(3,4)22-14(21-11)9-8(5-6-19-10(9)18)20-7-13(15,16)17/h5-6H,7H2,1-4H3,(H2,18,19). The molecule has 1 aliphatic heterocycles. The third-order valence-electron chi connectivity index (χ3n) is 3.86. The molecule has 2 rings (SSSR count). The van der Waals surface area contributed by atoms with Crippen molar-refractivity contribution in [2.75, 3.05) is 12.3 Å². The Bertz CT molecular complexity index is 548. The maximum absolute atomic E-state index is 12.4. The zero-order valence-corrected chi connectivity index (χ0v) is 12.8. The van der Waals surface area contributed by atoms with Crippen LogP contribution in [-0.4, -0.2) is 36.1 Å². The SMILES string of the molecule is CC1(C)OB(c2c(OCC(F)(F)F)ccnc2N)OC1(C)C. The van der Waals surface area contributed by atoms with Gasteiger partial charge in [-0.1, -0.05) is 0 Å². The van der Waals surface area contributed by atoms with Crippen LogP contribution in [0.1, 0.15) is 27.7 Å². The average molecular weight is 318 g/mol. The molecule has 0 saturated carbocycles. The first-order chi connectivity index (χ1) is 9.93. The summed E-state index contributed by atoms with van der Waals surface area (Å²) < 4.78 is 53.5. The lowest BCUT2D eigenvalue weighted by molar-refractivity contribution is -0.153. The van der Waals surface area contributed by atoms with E-state index >= 15 is 0 Å². The lowest BCUT2D eigenvalue weighted by atomic mass is 9.78. The van der Waals surface area contributed by atoms with Crippen molar-refractivity contribution in [1.29, 1.82) is 0 Å². The van der Waals surface area contributed by atoms with Crippen LogP contribution in [0.3, 0.4) is 0 Å². The lowest BCUT2D eigenvalue weighted by Gasteiger charge is -2.32. The second-order valence-corrected chi connectivity index (χ2v) is 6.10. The van der Waals surface area contributed by atoms with Crippen molar-refractivity contribution >= 4 is 18.4 Å². The predicted molar refractivity (Wildman–Crippen MR) is 75.9 cm³/mol. The zero-order valence-electron chi connectivity index (χ0n) is 12.8. The Hall–Kier alpha value is -1.48. The molecule has 1 saturated heterocycles. The highest BCUT2D eigenvalue weighted by molar-refractivity contribution is 6.64. The van der Waals surface area contributed by atoms with Crippen molar-refractivity contribution in [2.45, 2.75) is 45.1 Å². The van der Waals surface area contributed by atoms with E-state index in [-0.39, 0.29) is 17.0 Å². The molecule has 0 amide bonds. The molecular weight excluding hydrogens is 300 g/mol. The zero-order chi connectivity index (χ0) is 16.8. The number of nitrogen functional groups attached to an aromatic ring is 1. The minimum atomic E-state index is -4.45. The van der Waals surface area contributed by atoms with Crippen LogP contribution in [0.4, 0.5) is 19.0 Å². The minimum Gasteiger partial charge on any atom is -0.484 e. The van der Waals surface area contributed by atoms with E-state index in [0.29, 0.717) is 0 Å². The highest BCUT2D eigenvalue weighted by Gasteiger charge is 2.53. The molecule has 2 heterocycles. The molecule has 2 N–H and O–H groups in total. The van der Waals surface area contributed by atoms with E-state index in [1.54, 1.807) is 0 Å². The summed E-state index contributed by atoms with van der Waals surface area (Å²) >= 11 is 0. The van der Waals surface area contributed by atoms with E-state index in [1.165, 1.54) is 12.3 Å². The van der Waals surface area contributed by atoms with Gasteiger partial charge in [-0.25, -0.2) is 4.98 Å². The highest BCUT2D eigenvalue weighted by Crippen LogP contribution is 2.37. The molecule has 5 nitrogen and oxygen atoms in total.